The number of benzene rings is 1. The van der Waals surface area contributed by atoms with E-state index in [2.05, 4.69) is 0 Å². The monoisotopic (exact) mass is 333 g/mol. The lowest BCUT2D eigenvalue weighted by atomic mass is 9.94. The van der Waals surface area contributed by atoms with Crippen LogP contribution in [0.3, 0.4) is 0 Å². The van der Waals surface area contributed by atoms with Crippen molar-refractivity contribution in [2.24, 2.45) is 0 Å². The molecule has 3 nitrogen and oxygen atoms in total. The van der Waals surface area contributed by atoms with E-state index in [1.165, 1.54) is 0 Å². The lowest BCUT2D eigenvalue weighted by molar-refractivity contribution is -0.253. The third-order valence-electron chi connectivity index (χ3n) is 4.62. The molecular formula is C15H15ClF3NO2. The van der Waals surface area contributed by atoms with Crippen molar-refractivity contribution in [3.8, 4) is 0 Å². The van der Waals surface area contributed by atoms with Gasteiger partial charge in [0.05, 0.1) is 12.0 Å². The summed E-state index contributed by atoms with van der Waals surface area (Å²) in [6.45, 7) is -0.769. The Bertz CT molecular complexity index is 598. The predicted molar refractivity (Wildman–Crippen MR) is 74.6 cm³/mol. The van der Waals surface area contributed by atoms with Crippen molar-refractivity contribution in [3.05, 3.63) is 34.9 Å². The summed E-state index contributed by atoms with van der Waals surface area (Å²) in [5.41, 5.74) is -2.77. The van der Waals surface area contributed by atoms with Gasteiger partial charge in [0.15, 0.2) is 5.60 Å². The number of β-amino-alcohol motifs (C(OH)–C–C–N with tert-alkyl or cyclic N) is 1. The highest BCUT2D eigenvalue weighted by atomic mass is 35.5. The zero-order valence-corrected chi connectivity index (χ0v) is 12.4. The van der Waals surface area contributed by atoms with E-state index in [4.69, 9.17) is 11.6 Å². The minimum Gasteiger partial charge on any atom is -0.379 e. The maximum absolute atomic E-state index is 12.9. The Labute approximate surface area is 130 Å². The van der Waals surface area contributed by atoms with Gasteiger partial charge >= 0.3 is 6.18 Å². The molecule has 22 heavy (non-hydrogen) atoms. The average molecular weight is 334 g/mol. The molecule has 1 heterocycles. The zero-order chi connectivity index (χ0) is 16.2. The third kappa shape index (κ3) is 2.38. The molecule has 0 spiro atoms. The first-order valence-electron chi connectivity index (χ1n) is 7.03. The van der Waals surface area contributed by atoms with E-state index in [9.17, 15) is 23.1 Å². The maximum atomic E-state index is 12.9. The molecule has 120 valence electrons. The van der Waals surface area contributed by atoms with E-state index in [0.29, 0.717) is 17.9 Å². The fourth-order valence-electron chi connectivity index (χ4n) is 3.02. The number of carbonyl (C=O) groups is 1. The molecule has 1 saturated heterocycles. The Kier molecular flexibility index (Phi) is 3.45. The second kappa shape index (κ2) is 4.86. The molecule has 1 aromatic rings. The molecule has 1 aliphatic heterocycles. The predicted octanol–water partition coefficient (Wildman–Crippen LogP) is 2.90. The van der Waals surface area contributed by atoms with Gasteiger partial charge in [0.1, 0.15) is 0 Å². The van der Waals surface area contributed by atoms with Gasteiger partial charge in [0.25, 0.3) is 0 Å². The Morgan fingerprint density at radius 1 is 1.18 bits per heavy atom. The van der Waals surface area contributed by atoms with Crippen LogP contribution in [-0.2, 0) is 10.2 Å². The molecule has 1 aromatic carbocycles. The van der Waals surface area contributed by atoms with Crippen LogP contribution in [0.15, 0.2) is 24.3 Å². The number of hydrogen-bond donors (Lipinski definition) is 1. The second-order valence-corrected chi connectivity index (χ2v) is 6.53. The molecular weight excluding hydrogens is 319 g/mol. The lowest BCUT2D eigenvalue weighted by Crippen LogP contribution is -2.49. The van der Waals surface area contributed by atoms with Crippen molar-refractivity contribution in [2.75, 3.05) is 13.1 Å². The molecule has 1 atom stereocenters. The number of nitrogens with zero attached hydrogens (tertiary/aromatic N) is 1. The summed E-state index contributed by atoms with van der Waals surface area (Å²) in [4.78, 5) is 13.8. The molecule has 0 bridgehead atoms. The maximum Gasteiger partial charge on any atom is 0.419 e. The van der Waals surface area contributed by atoms with Crippen LogP contribution in [0.5, 0.6) is 0 Å². The van der Waals surface area contributed by atoms with Gasteiger partial charge in [-0.1, -0.05) is 23.7 Å². The average Bonchev–Trinajstić information content (AvgIpc) is 3.15. The normalized spacial score (nSPS) is 27.0. The van der Waals surface area contributed by atoms with Crippen LogP contribution in [-0.4, -0.2) is 40.8 Å². The topological polar surface area (TPSA) is 40.5 Å². The van der Waals surface area contributed by atoms with Crippen molar-refractivity contribution in [3.63, 3.8) is 0 Å². The molecule has 1 unspecified atom stereocenters. The molecule has 1 aliphatic carbocycles. The molecule has 2 aliphatic rings. The highest BCUT2D eigenvalue weighted by molar-refractivity contribution is 6.30. The number of alkyl halides is 3. The van der Waals surface area contributed by atoms with E-state index in [1.807, 2.05) is 0 Å². The first-order valence-corrected chi connectivity index (χ1v) is 7.40. The molecule has 1 N–H and O–H groups in total. The number of carbonyl (C=O) groups excluding carboxylic acids is 1. The van der Waals surface area contributed by atoms with E-state index in [0.717, 1.165) is 10.5 Å². The van der Waals surface area contributed by atoms with Crippen molar-refractivity contribution >= 4 is 17.5 Å². The largest absolute Gasteiger partial charge is 0.419 e. The molecule has 2 fully saturated rings. The van der Waals surface area contributed by atoms with Crippen molar-refractivity contribution in [1.29, 1.82) is 0 Å². The van der Waals surface area contributed by atoms with Crippen LogP contribution in [0.25, 0.3) is 0 Å². The first kappa shape index (κ1) is 15.6. The van der Waals surface area contributed by atoms with Gasteiger partial charge in [-0.2, -0.15) is 13.2 Å². The fraction of sp³-hybridized carbons (Fsp3) is 0.533. The Hall–Kier alpha value is -1.27. The van der Waals surface area contributed by atoms with Gasteiger partial charge in [-0.15, -0.1) is 0 Å². The summed E-state index contributed by atoms with van der Waals surface area (Å²) in [5, 5.41) is 10.2. The zero-order valence-electron chi connectivity index (χ0n) is 11.7. The summed E-state index contributed by atoms with van der Waals surface area (Å²) >= 11 is 5.82. The van der Waals surface area contributed by atoms with Gasteiger partial charge in [0, 0.05) is 18.0 Å². The molecule has 0 aromatic heterocycles. The number of halogens is 4. The summed E-state index contributed by atoms with van der Waals surface area (Å²) < 4.78 is 38.6. The smallest absolute Gasteiger partial charge is 0.379 e. The number of aliphatic hydroxyl groups is 1. The van der Waals surface area contributed by atoms with Crippen LogP contribution < -0.4 is 0 Å². The first-order chi connectivity index (χ1) is 10.2. The number of rotatable bonds is 2. The fourth-order valence-corrected chi connectivity index (χ4v) is 3.15. The van der Waals surface area contributed by atoms with Gasteiger partial charge in [0.2, 0.25) is 5.91 Å². The standard InChI is InChI=1S/C15H15ClF3NO2/c16-11-3-1-10(2-4-11)13(5-6-13)12(21)20-8-7-14(22,9-20)15(17,18)19/h1-4,22H,5-9H2. The van der Waals surface area contributed by atoms with E-state index in [1.54, 1.807) is 24.3 Å². The van der Waals surface area contributed by atoms with E-state index in [-0.39, 0.29) is 12.5 Å². The Balaban J connectivity index is 1.79. The summed E-state index contributed by atoms with van der Waals surface area (Å²) in [5.74, 6) is -0.338. The number of amides is 1. The van der Waals surface area contributed by atoms with Crippen LogP contribution in [0.1, 0.15) is 24.8 Å². The molecule has 3 rings (SSSR count). The molecule has 0 radical (unpaired) electrons. The Morgan fingerprint density at radius 2 is 1.77 bits per heavy atom. The van der Waals surface area contributed by atoms with Crippen LogP contribution in [0.4, 0.5) is 13.2 Å². The second-order valence-electron chi connectivity index (χ2n) is 6.10. The van der Waals surface area contributed by atoms with E-state index < -0.39 is 30.2 Å². The molecule has 7 heteroatoms. The Morgan fingerprint density at radius 3 is 2.23 bits per heavy atom. The SMILES string of the molecule is O=C(N1CCC(O)(C(F)(F)F)C1)C1(c2ccc(Cl)cc2)CC1. The van der Waals surface area contributed by atoms with Gasteiger partial charge in [-0.25, -0.2) is 0 Å². The van der Waals surface area contributed by atoms with Crippen molar-refractivity contribution in [1.82, 2.24) is 4.90 Å². The van der Waals surface area contributed by atoms with Crippen molar-refractivity contribution < 1.29 is 23.1 Å². The highest BCUT2D eigenvalue weighted by Gasteiger charge is 2.61. The van der Waals surface area contributed by atoms with E-state index >= 15 is 0 Å². The van der Waals surface area contributed by atoms with Gasteiger partial charge < -0.3 is 10.0 Å². The van der Waals surface area contributed by atoms with Gasteiger partial charge in [-0.05, 0) is 30.5 Å². The quantitative estimate of drug-likeness (QED) is 0.904. The summed E-state index contributed by atoms with van der Waals surface area (Å²) in [6.07, 6.45) is -3.99. The van der Waals surface area contributed by atoms with Crippen LogP contribution in [0, 0.1) is 0 Å². The third-order valence-corrected chi connectivity index (χ3v) is 4.87. The van der Waals surface area contributed by atoms with Crippen LogP contribution in [0.2, 0.25) is 5.02 Å². The van der Waals surface area contributed by atoms with Crippen LogP contribution >= 0.6 is 11.6 Å². The number of hydrogen-bond acceptors (Lipinski definition) is 2. The minimum absolute atomic E-state index is 0.0792. The summed E-state index contributed by atoms with van der Waals surface area (Å²) in [6, 6.07) is 6.80. The lowest BCUT2D eigenvalue weighted by Gasteiger charge is -2.28. The number of likely N-dealkylation sites (tertiary alicyclic amines) is 1. The van der Waals surface area contributed by atoms with Gasteiger partial charge in [-0.3, -0.25) is 4.79 Å². The van der Waals surface area contributed by atoms with Crippen molar-refractivity contribution in [2.45, 2.75) is 36.5 Å². The molecule has 1 saturated carbocycles. The highest BCUT2D eigenvalue weighted by Crippen LogP contribution is 2.51. The molecule has 1 amide bonds. The summed E-state index contributed by atoms with van der Waals surface area (Å²) in [7, 11) is 0. The minimum atomic E-state index is -4.72.